The van der Waals surface area contributed by atoms with Crippen molar-refractivity contribution in [1.82, 2.24) is 9.77 Å². The third-order valence-corrected chi connectivity index (χ3v) is 10.4. The lowest BCUT2D eigenvalue weighted by Crippen LogP contribution is -2.23. The van der Waals surface area contributed by atoms with Gasteiger partial charge in [0, 0.05) is 0 Å². The Morgan fingerprint density at radius 1 is 0.718 bits per heavy atom. The van der Waals surface area contributed by atoms with Gasteiger partial charge in [-0.15, -0.1) is 8.80 Å². The van der Waals surface area contributed by atoms with Gasteiger partial charge in [-0.1, -0.05) is 33.0 Å². The maximum atomic E-state index is 11.8. The van der Waals surface area contributed by atoms with Crippen molar-refractivity contribution in [3.63, 3.8) is 0 Å². The first-order chi connectivity index (χ1) is 17.6. The molecule has 0 amide bonds. The number of hydrogen-bond acceptors (Lipinski definition) is 12. The van der Waals surface area contributed by atoms with E-state index in [-0.39, 0.29) is 36.7 Å². The first-order valence-corrected chi connectivity index (χ1v) is 16.0. The number of rotatable bonds is 6. The van der Waals surface area contributed by atoms with Crippen LogP contribution in [0.3, 0.4) is 0 Å². The summed E-state index contributed by atoms with van der Waals surface area (Å²) in [5, 5.41) is 4.83. The molecule has 0 atom stereocenters. The molecule has 6 N–H and O–H groups in total. The van der Waals surface area contributed by atoms with Gasteiger partial charge in [0.25, 0.3) is 40.1 Å². The number of halogens is 2. The molecule has 0 spiro atoms. The zero-order chi connectivity index (χ0) is 28.5. The number of benzene rings is 2. The second kappa shape index (κ2) is 12.0. The highest BCUT2D eigenvalue weighted by Crippen LogP contribution is 2.34. The summed E-state index contributed by atoms with van der Waals surface area (Å²) in [5.41, 5.74) is 0.299. The molecule has 0 saturated carbocycles. The highest BCUT2D eigenvalue weighted by atomic mass is 35.5. The van der Waals surface area contributed by atoms with Crippen LogP contribution in [0.25, 0.3) is 0 Å². The summed E-state index contributed by atoms with van der Waals surface area (Å²) >= 11 is 11.6. The molecular weight excluding hydrogens is 651 g/mol. The first kappa shape index (κ1) is 32.8. The molecule has 4 rings (SSSR count). The van der Waals surface area contributed by atoms with Crippen LogP contribution < -0.4 is 20.4 Å². The maximum Gasteiger partial charge on any atom is 0.285 e. The minimum Gasteiger partial charge on any atom is -0.412 e. The lowest BCUT2D eigenvalue weighted by atomic mass is 10.3. The summed E-state index contributed by atoms with van der Waals surface area (Å²) in [6.07, 6.45) is 1.96. The molecule has 39 heavy (non-hydrogen) atoms. The van der Waals surface area contributed by atoms with Crippen molar-refractivity contribution in [2.75, 3.05) is 24.9 Å². The van der Waals surface area contributed by atoms with Crippen LogP contribution >= 0.6 is 23.2 Å². The van der Waals surface area contributed by atoms with E-state index in [9.17, 15) is 33.7 Å². The smallest absolute Gasteiger partial charge is 0.285 e. The Kier molecular flexibility index (Phi) is 10.1. The Hall–Kier alpha value is -2.44. The van der Waals surface area contributed by atoms with Gasteiger partial charge in [0.2, 0.25) is 0 Å². The summed E-state index contributed by atoms with van der Waals surface area (Å²) in [7, 11) is -13.8. The zero-order valence-corrected chi connectivity index (χ0v) is 24.1. The van der Waals surface area contributed by atoms with Gasteiger partial charge >= 0.3 is 0 Å². The number of nitrogens with one attached hydrogen (secondary N) is 4. The van der Waals surface area contributed by atoms with Crippen molar-refractivity contribution in [3.8, 4) is 0 Å². The number of hydrogen-bond donors (Lipinski definition) is 4. The van der Waals surface area contributed by atoms with E-state index in [0.29, 0.717) is 0 Å². The molecule has 2 heterocycles. The van der Waals surface area contributed by atoms with E-state index in [1.54, 1.807) is 9.77 Å². The summed E-state index contributed by atoms with van der Waals surface area (Å²) in [4.78, 5) is 10.7. The highest BCUT2D eigenvalue weighted by molar-refractivity contribution is 7.91. The topological polar surface area (TPSA) is 259 Å². The summed E-state index contributed by atoms with van der Waals surface area (Å²) in [5.74, 6) is 0. The lowest BCUT2D eigenvalue weighted by Gasteiger charge is -2.15. The van der Waals surface area contributed by atoms with Crippen LogP contribution in [0, 0.1) is 0 Å². The van der Waals surface area contributed by atoms with Crippen molar-refractivity contribution in [1.29, 1.82) is 0 Å². The molecular formula is C16H18Cl2N6O11S4. The minimum absolute atomic E-state index is 0. The Balaban J connectivity index is 0.000000267. The van der Waals surface area contributed by atoms with Crippen LogP contribution in [-0.2, 0) is 49.8 Å². The van der Waals surface area contributed by atoms with E-state index in [1.807, 2.05) is 0 Å². The van der Waals surface area contributed by atoms with Crippen molar-refractivity contribution in [2.45, 2.75) is 19.6 Å². The average Bonchev–Trinajstić information content (AvgIpc) is 2.78. The van der Waals surface area contributed by atoms with E-state index < -0.39 is 49.9 Å². The van der Waals surface area contributed by atoms with Gasteiger partial charge in [-0.25, -0.2) is 16.8 Å². The minimum atomic E-state index is -4.07. The first-order valence-electron chi connectivity index (χ1n) is 9.43. The molecule has 216 valence electrons. The molecule has 0 radical (unpaired) electrons. The normalized spacial score (nSPS) is 16.3. The van der Waals surface area contributed by atoms with Crippen molar-refractivity contribution < 1.29 is 48.8 Å². The quantitative estimate of drug-likeness (QED) is 0.292. The number of nitrogens with zero attached hydrogens (tertiary/aromatic N) is 2. The van der Waals surface area contributed by atoms with Gasteiger partial charge in [0.05, 0.1) is 35.6 Å². The number of fused-ring (bicyclic) bond motifs is 2. The largest absolute Gasteiger partial charge is 0.412 e. The molecule has 2 aliphatic heterocycles. The van der Waals surface area contributed by atoms with Gasteiger partial charge < -0.3 is 16.1 Å². The predicted octanol–water partition coefficient (Wildman–Crippen LogP) is -0.180. The highest BCUT2D eigenvalue weighted by Gasteiger charge is 2.28. The molecule has 23 heteroatoms. The summed E-state index contributed by atoms with van der Waals surface area (Å²) in [6.45, 7) is 0. The van der Waals surface area contributed by atoms with Crippen LogP contribution in [0.5, 0.6) is 0 Å². The second-order valence-corrected chi connectivity index (χ2v) is 14.1. The average molecular weight is 670 g/mol. The molecule has 2 aliphatic rings. The molecule has 0 fully saturated rings. The molecule has 2 aromatic carbocycles. The SMILES string of the molecule is CONS(=O)(=O)c1cc2c(cc1Cl)NC=NS2(=O)=O.CONS(=O)(=O)c1cc2c(cc1Cl)NC=NS2(=O)=O.O. The zero-order valence-electron chi connectivity index (χ0n) is 19.3. The standard InChI is InChI=1S/2C8H8ClN3O5S2.H2O/c2*1-17-12-19(15,16)7-3-8-6(2-5(7)9)10-4-11-18(8,13)14;/h2*2-4,12H,1H3,(H,10,11);1H2. The molecule has 0 unspecified atom stereocenters. The van der Waals surface area contributed by atoms with Gasteiger partial charge in [-0.05, 0) is 24.3 Å². The van der Waals surface area contributed by atoms with E-state index in [1.165, 1.54) is 12.1 Å². The Morgan fingerprint density at radius 3 is 1.36 bits per heavy atom. The number of anilines is 2. The molecule has 0 aromatic heterocycles. The summed E-state index contributed by atoms with van der Waals surface area (Å²) in [6, 6.07) is 4.20. The predicted molar refractivity (Wildman–Crippen MR) is 140 cm³/mol. The van der Waals surface area contributed by atoms with Crippen LogP contribution in [-0.4, -0.2) is 66.0 Å². The van der Waals surface area contributed by atoms with Crippen LogP contribution in [0.4, 0.5) is 11.4 Å². The van der Waals surface area contributed by atoms with E-state index in [2.05, 4.69) is 29.1 Å². The van der Waals surface area contributed by atoms with Crippen LogP contribution in [0.15, 0.2) is 52.6 Å². The molecule has 0 bridgehead atoms. The van der Waals surface area contributed by atoms with Gasteiger partial charge in [-0.2, -0.15) is 16.8 Å². The van der Waals surface area contributed by atoms with Crippen LogP contribution in [0.1, 0.15) is 0 Å². The van der Waals surface area contributed by atoms with Gasteiger partial charge in [0.15, 0.2) is 0 Å². The van der Waals surface area contributed by atoms with Gasteiger partial charge in [-0.3, -0.25) is 9.68 Å². The maximum absolute atomic E-state index is 11.8. The second-order valence-electron chi connectivity index (χ2n) is 6.85. The molecule has 0 aliphatic carbocycles. The fourth-order valence-corrected chi connectivity index (χ4v) is 7.70. The fraction of sp³-hybridized carbons (Fsp3) is 0.125. The summed E-state index contributed by atoms with van der Waals surface area (Å²) < 4.78 is 100. The monoisotopic (exact) mass is 668 g/mol. The van der Waals surface area contributed by atoms with Crippen molar-refractivity contribution >= 4 is 87.3 Å². The Labute approximate surface area is 232 Å². The molecule has 0 saturated heterocycles. The Morgan fingerprint density at radius 2 is 1.05 bits per heavy atom. The van der Waals surface area contributed by atoms with Gasteiger partial charge in [0.1, 0.15) is 32.3 Å². The van der Waals surface area contributed by atoms with Crippen molar-refractivity contribution in [2.24, 2.45) is 8.80 Å². The van der Waals surface area contributed by atoms with Crippen molar-refractivity contribution in [3.05, 3.63) is 34.3 Å². The lowest BCUT2D eigenvalue weighted by molar-refractivity contribution is 0.153. The molecule has 17 nitrogen and oxygen atoms in total. The third kappa shape index (κ3) is 7.01. The molecule has 2 aromatic rings. The Bertz CT molecular complexity index is 1650. The number of sulfonamides is 4. The van der Waals surface area contributed by atoms with E-state index in [0.717, 1.165) is 39.0 Å². The fourth-order valence-electron chi connectivity index (χ4n) is 2.89. The van der Waals surface area contributed by atoms with Crippen LogP contribution in [0.2, 0.25) is 10.0 Å². The van der Waals surface area contributed by atoms with E-state index >= 15 is 0 Å². The van der Waals surface area contributed by atoms with E-state index in [4.69, 9.17) is 23.2 Å². The third-order valence-electron chi connectivity index (χ3n) is 4.41.